The van der Waals surface area contributed by atoms with E-state index in [1.165, 1.54) is 22.3 Å². The molecule has 3 rings (SSSR count). The molecule has 0 heterocycles. The Hall–Kier alpha value is -3.24. The van der Waals surface area contributed by atoms with Gasteiger partial charge in [-0.15, -0.1) is 10.5 Å². The molecule has 1 atom stereocenters. The fourth-order valence-corrected chi connectivity index (χ4v) is 3.84. The average molecular weight is 358 g/mol. The molecule has 0 bridgehead atoms. The minimum absolute atomic E-state index is 0.480. The molecule has 0 saturated heterocycles. The standard InChI is InChI=1S/C23H22N2O2/c1-15-12-22(16(2)17(3)23(15)27-14-25)20-6-4-18(5-7-20)19-8-10-21(11-9-19)26-13-24/h6,8-12,18H,4-5,7H2,1-3H3. The number of aryl methyl sites for hydroxylation is 1. The number of nitriles is 2. The highest BCUT2D eigenvalue weighted by molar-refractivity contribution is 5.72. The lowest BCUT2D eigenvalue weighted by Crippen LogP contribution is -2.06. The molecule has 0 N–H and O–H groups in total. The molecule has 4 heteroatoms. The molecule has 2 aromatic carbocycles. The predicted molar refractivity (Wildman–Crippen MR) is 104 cm³/mol. The van der Waals surface area contributed by atoms with E-state index in [4.69, 9.17) is 20.0 Å². The lowest BCUT2D eigenvalue weighted by molar-refractivity contribution is 0.498. The first kappa shape index (κ1) is 18.5. The van der Waals surface area contributed by atoms with Crippen LogP contribution in [-0.2, 0) is 0 Å². The Balaban J connectivity index is 1.81. The van der Waals surface area contributed by atoms with Crippen LogP contribution < -0.4 is 9.47 Å². The van der Waals surface area contributed by atoms with Crippen molar-refractivity contribution in [1.29, 1.82) is 10.5 Å². The lowest BCUT2D eigenvalue weighted by atomic mass is 9.81. The number of ether oxygens (including phenoxy) is 2. The molecule has 4 nitrogen and oxygen atoms in total. The van der Waals surface area contributed by atoms with Gasteiger partial charge in [-0.2, -0.15) is 0 Å². The largest absolute Gasteiger partial charge is 0.388 e. The van der Waals surface area contributed by atoms with Gasteiger partial charge in [-0.1, -0.05) is 18.2 Å². The summed E-state index contributed by atoms with van der Waals surface area (Å²) >= 11 is 0. The van der Waals surface area contributed by atoms with Gasteiger partial charge in [-0.3, -0.25) is 0 Å². The van der Waals surface area contributed by atoms with Gasteiger partial charge in [0, 0.05) is 0 Å². The number of benzene rings is 2. The van der Waals surface area contributed by atoms with E-state index in [2.05, 4.69) is 19.1 Å². The highest BCUT2D eigenvalue weighted by atomic mass is 16.5. The number of allylic oxidation sites excluding steroid dienone is 2. The predicted octanol–water partition coefficient (Wildman–Crippen LogP) is 5.68. The number of hydrogen-bond donors (Lipinski definition) is 0. The monoisotopic (exact) mass is 358 g/mol. The second-order valence-electron chi connectivity index (χ2n) is 6.98. The van der Waals surface area contributed by atoms with Gasteiger partial charge in [-0.25, -0.2) is 0 Å². The second kappa shape index (κ2) is 7.98. The third-order valence-electron chi connectivity index (χ3n) is 5.45. The van der Waals surface area contributed by atoms with E-state index in [0.717, 1.165) is 30.4 Å². The molecule has 0 spiro atoms. The van der Waals surface area contributed by atoms with Gasteiger partial charge in [0.15, 0.2) is 0 Å². The van der Waals surface area contributed by atoms with Gasteiger partial charge in [0.1, 0.15) is 11.5 Å². The summed E-state index contributed by atoms with van der Waals surface area (Å²) in [6, 6.07) is 9.92. The fraction of sp³-hybridized carbons (Fsp3) is 0.304. The molecular formula is C23H22N2O2. The van der Waals surface area contributed by atoms with Gasteiger partial charge in [0.2, 0.25) is 0 Å². The van der Waals surface area contributed by atoms with Crippen molar-refractivity contribution < 1.29 is 9.47 Å². The van der Waals surface area contributed by atoms with Crippen molar-refractivity contribution >= 4 is 5.57 Å². The van der Waals surface area contributed by atoms with E-state index in [-0.39, 0.29) is 0 Å². The minimum atomic E-state index is 0.480. The van der Waals surface area contributed by atoms with Gasteiger partial charge in [-0.05, 0) is 97.5 Å². The summed E-state index contributed by atoms with van der Waals surface area (Å²) in [6.07, 6.45) is 8.90. The summed E-state index contributed by atoms with van der Waals surface area (Å²) in [7, 11) is 0. The third-order valence-corrected chi connectivity index (χ3v) is 5.45. The SMILES string of the molecule is Cc1cc(C2=CCC(c3ccc(OC#N)cc3)CC2)c(C)c(C)c1OC#N. The summed E-state index contributed by atoms with van der Waals surface area (Å²) in [5.74, 6) is 1.73. The first-order chi connectivity index (χ1) is 13.0. The van der Waals surface area contributed by atoms with Crippen LogP contribution in [0, 0.1) is 43.8 Å². The highest BCUT2D eigenvalue weighted by Gasteiger charge is 2.20. The quantitative estimate of drug-likeness (QED) is 0.659. The van der Waals surface area contributed by atoms with Crippen molar-refractivity contribution in [2.45, 2.75) is 46.0 Å². The summed E-state index contributed by atoms with van der Waals surface area (Å²) in [4.78, 5) is 0. The van der Waals surface area contributed by atoms with Crippen molar-refractivity contribution in [3.8, 4) is 24.0 Å². The van der Waals surface area contributed by atoms with E-state index in [0.29, 0.717) is 17.4 Å². The molecule has 27 heavy (non-hydrogen) atoms. The zero-order valence-electron chi connectivity index (χ0n) is 15.9. The molecular weight excluding hydrogens is 336 g/mol. The van der Waals surface area contributed by atoms with Crippen LogP contribution in [-0.4, -0.2) is 0 Å². The van der Waals surface area contributed by atoms with E-state index in [1.807, 2.05) is 38.1 Å². The zero-order chi connectivity index (χ0) is 19.4. The number of nitrogens with zero attached hydrogens (tertiary/aromatic N) is 2. The molecule has 1 unspecified atom stereocenters. The number of hydrogen-bond acceptors (Lipinski definition) is 4. The van der Waals surface area contributed by atoms with Crippen molar-refractivity contribution in [3.05, 3.63) is 64.2 Å². The summed E-state index contributed by atoms with van der Waals surface area (Å²) in [5.41, 5.74) is 7.09. The van der Waals surface area contributed by atoms with E-state index in [9.17, 15) is 0 Å². The van der Waals surface area contributed by atoms with Gasteiger partial charge < -0.3 is 9.47 Å². The Morgan fingerprint density at radius 2 is 1.67 bits per heavy atom. The van der Waals surface area contributed by atoms with Crippen LogP contribution in [0.3, 0.4) is 0 Å². The van der Waals surface area contributed by atoms with Crippen LogP contribution in [0.25, 0.3) is 5.57 Å². The summed E-state index contributed by atoms with van der Waals surface area (Å²) in [5, 5.41) is 17.4. The van der Waals surface area contributed by atoms with Crippen LogP contribution in [0.5, 0.6) is 11.5 Å². The van der Waals surface area contributed by atoms with E-state index in [1.54, 1.807) is 12.5 Å². The minimum Gasteiger partial charge on any atom is -0.388 e. The zero-order valence-corrected chi connectivity index (χ0v) is 15.9. The fourth-order valence-electron chi connectivity index (χ4n) is 3.84. The molecule has 0 saturated carbocycles. The smallest absolute Gasteiger partial charge is 0.292 e. The Kier molecular flexibility index (Phi) is 5.48. The van der Waals surface area contributed by atoms with E-state index >= 15 is 0 Å². The Labute approximate surface area is 160 Å². The summed E-state index contributed by atoms with van der Waals surface area (Å²) in [6.45, 7) is 6.09. The Morgan fingerprint density at radius 1 is 0.963 bits per heavy atom. The van der Waals surface area contributed by atoms with Gasteiger partial charge in [0.25, 0.3) is 12.5 Å². The highest BCUT2D eigenvalue weighted by Crippen LogP contribution is 2.40. The maximum atomic E-state index is 8.85. The van der Waals surface area contributed by atoms with Crippen LogP contribution in [0.4, 0.5) is 0 Å². The Morgan fingerprint density at radius 3 is 2.26 bits per heavy atom. The molecule has 0 fully saturated rings. The van der Waals surface area contributed by atoms with Gasteiger partial charge >= 0.3 is 0 Å². The molecule has 0 aliphatic heterocycles. The molecule has 1 aliphatic carbocycles. The normalized spacial score (nSPS) is 16.0. The van der Waals surface area contributed by atoms with Crippen molar-refractivity contribution in [2.75, 3.05) is 0 Å². The molecule has 2 aromatic rings. The van der Waals surface area contributed by atoms with Crippen LogP contribution >= 0.6 is 0 Å². The first-order valence-corrected chi connectivity index (χ1v) is 9.07. The molecule has 0 amide bonds. The van der Waals surface area contributed by atoms with Gasteiger partial charge in [0.05, 0.1) is 0 Å². The van der Waals surface area contributed by atoms with Crippen molar-refractivity contribution in [3.63, 3.8) is 0 Å². The summed E-state index contributed by atoms with van der Waals surface area (Å²) < 4.78 is 10.00. The second-order valence-corrected chi connectivity index (χ2v) is 6.98. The van der Waals surface area contributed by atoms with Crippen molar-refractivity contribution in [2.24, 2.45) is 0 Å². The van der Waals surface area contributed by atoms with Crippen LogP contribution in [0.2, 0.25) is 0 Å². The van der Waals surface area contributed by atoms with Crippen LogP contribution in [0.1, 0.15) is 53.0 Å². The number of rotatable bonds is 4. The lowest BCUT2D eigenvalue weighted by Gasteiger charge is -2.24. The molecule has 0 radical (unpaired) electrons. The first-order valence-electron chi connectivity index (χ1n) is 9.07. The Bertz CT molecular complexity index is 960. The third kappa shape index (κ3) is 3.81. The average Bonchev–Trinajstić information content (AvgIpc) is 2.69. The van der Waals surface area contributed by atoms with E-state index < -0.39 is 0 Å². The molecule has 136 valence electrons. The maximum Gasteiger partial charge on any atom is 0.292 e. The van der Waals surface area contributed by atoms with Crippen molar-refractivity contribution in [1.82, 2.24) is 0 Å². The molecule has 1 aliphatic rings. The maximum absolute atomic E-state index is 8.85. The topological polar surface area (TPSA) is 66.0 Å². The van der Waals surface area contributed by atoms with Crippen LogP contribution in [0.15, 0.2) is 36.4 Å². The molecule has 0 aromatic heterocycles.